The topological polar surface area (TPSA) is 64.7 Å². The molecule has 2 N–H and O–H groups in total. The van der Waals surface area contributed by atoms with Gasteiger partial charge in [-0.25, -0.2) is 0 Å². The van der Waals surface area contributed by atoms with Crippen LogP contribution in [-0.4, -0.2) is 29.3 Å². The van der Waals surface area contributed by atoms with Crippen LogP contribution in [0.4, 0.5) is 5.69 Å². The first-order chi connectivity index (χ1) is 13.9. The molecular weight excluding hydrogens is 491 g/mol. The molecule has 0 spiro atoms. The first-order valence-electron chi connectivity index (χ1n) is 9.70. The molecule has 0 aliphatic carbocycles. The van der Waals surface area contributed by atoms with E-state index < -0.39 is 5.97 Å². The number of fused-ring (bicyclic) bond motifs is 1. The van der Waals surface area contributed by atoms with E-state index in [-0.39, 0.29) is 24.0 Å². The number of aliphatic carboxylic acids is 1. The average molecular weight is 520 g/mol. The number of anilines is 1. The lowest BCUT2D eigenvalue weighted by Gasteiger charge is -2.21. The zero-order valence-corrected chi connectivity index (χ0v) is 20.0. The Morgan fingerprint density at radius 2 is 1.67 bits per heavy atom. The summed E-state index contributed by atoms with van der Waals surface area (Å²) in [5, 5.41) is 19.0. The van der Waals surface area contributed by atoms with E-state index in [0.29, 0.717) is 5.75 Å². The maximum Gasteiger partial charge on any atom is 0.300 e. The number of carbonyl (C=O) groups is 1. The van der Waals surface area contributed by atoms with Crippen molar-refractivity contribution >= 4 is 34.7 Å². The Bertz CT molecular complexity index is 1010. The van der Waals surface area contributed by atoms with Crippen LogP contribution in [-0.2, 0) is 11.8 Å². The average Bonchev–Trinajstić information content (AvgIpc) is 2.69. The lowest BCUT2D eigenvalue weighted by Crippen LogP contribution is -3.00. The number of pyridine rings is 1. The highest BCUT2D eigenvalue weighted by molar-refractivity contribution is 5.78. The Labute approximate surface area is 195 Å². The number of aryl methyl sites for hydroxylation is 1. The van der Waals surface area contributed by atoms with Gasteiger partial charge in [-0.1, -0.05) is 12.1 Å². The largest absolute Gasteiger partial charge is 1.00 e. The fraction of sp³-hybridized carbons (Fsp3) is 0.250. The maximum absolute atomic E-state index is 10.4. The molecule has 0 aliphatic heterocycles. The van der Waals surface area contributed by atoms with Crippen molar-refractivity contribution in [1.82, 2.24) is 0 Å². The number of rotatable bonds is 5. The van der Waals surface area contributed by atoms with Crippen molar-refractivity contribution in [2.24, 2.45) is 7.05 Å². The van der Waals surface area contributed by atoms with E-state index in [1.165, 1.54) is 10.9 Å². The molecule has 0 bridgehead atoms. The number of phenols is 1. The SMILES string of the molecule is CC(=O)O.CCN(CC)c1ccc(/C=C/c2ccc3ccccc3[n+]2C)c(O)c1.[I-]. The van der Waals surface area contributed by atoms with Gasteiger partial charge in [-0.15, -0.1) is 0 Å². The van der Waals surface area contributed by atoms with Crippen LogP contribution in [0, 0.1) is 0 Å². The third kappa shape index (κ3) is 6.73. The second-order valence-electron chi connectivity index (χ2n) is 6.64. The van der Waals surface area contributed by atoms with E-state index in [2.05, 4.69) is 60.7 Å². The van der Waals surface area contributed by atoms with Gasteiger partial charge >= 0.3 is 0 Å². The molecule has 0 atom stereocenters. The molecule has 0 fully saturated rings. The minimum atomic E-state index is -0.833. The molecule has 1 heterocycles. The Morgan fingerprint density at radius 3 is 2.27 bits per heavy atom. The lowest BCUT2D eigenvalue weighted by molar-refractivity contribution is -0.646. The van der Waals surface area contributed by atoms with Crippen LogP contribution in [0.3, 0.4) is 0 Å². The number of hydrogen-bond donors (Lipinski definition) is 2. The molecule has 0 unspecified atom stereocenters. The molecule has 0 amide bonds. The highest BCUT2D eigenvalue weighted by atomic mass is 127. The molecule has 2 aromatic carbocycles. The van der Waals surface area contributed by atoms with E-state index in [1.54, 1.807) is 0 Å². The molecule has 160 valence electrons. The summed E-state index contributed by atoms with van der Waals surface area (Å²) in [6, 6.07) is 18.4. The number of phenolic OH excluding ortho intramolecular Hbond substituents is 1. The van der Waals surface area contributed by atoms with Crippen LogP contribution in [0.25, 0.3) is 23.1 Å². The van der Waals surface area contributed by atoms with Gasteiger partial charge in [0.2, 0.25) is 11.2 Å². The number of carboxylic acid groups (broad SMARTS) is 1. The van der Waals surface area contributed by atoms with Gasteiger partial charge in [0.15, 0.2) is 0 Å². The van der Waals surface area contributed by atoms with Gasteiger partial charge < -0.3 is 39.1 Å². The summed E-state index contributed by atoms with van der Waals surface area (Å²) in [5.41, 5.74) is 4.15. The summed E-state index contributed by atoms with van der Waals surface area (Å²) >= 11 is 0. The van der Waals surface area contributed by atoms with Crippen LogP contribution in [0.5, 0.6) is 5.75 Å². The number of nitrogens with zero attached hydrogens (tertiary/aromatic N) is 2. The Morgan fingerprint density at radius 1 is 1.03 bits per heavy atom. The Hall–Kier alpha value is -2.61. The molecule has 3 aromatic rings. The van der Waals surface area contributed by atoms with Gasteiger partial charge in [-0.05, 0) is 44.2 Å². The summed E-state index contributed by atoms with van der Waals surface area (Å²) in [5.74, 6) is -0.524. The number of para-hydroxylation sites is 1. The molecular formula is C24H29IN2O3. The van der Waals surface area contributed by atoms with E-state index in [9.17, 15) is 5.11 Å². The molecule has 3 rings (SSSR count). The third-order valence-electron chi connectivity index (χ3n) is 4.70. The number of carboxylic acids is 1. The fourth-order valence-electron chi connectivity index (χ4n) is 3.16. The summed E-state index contributed by atoms with van der Waals surface area (Å²) in [7, 11) is 2.06. The van der Waals surface area contributed by atoms with Crippen LogP contribution in [0.2, 0.25) is 0 Å². The highest BCUT2D eigenvalue weighted by Gasteiger charge is 2.09. The molecule has 0 radical (unpaired) electrons. The van der Waals surface area contributed by atoms with Crippen LogP contribution >= 0.6 is 0 Å². The van der Waals surface area contributed by atoms with E-state index in [0.717, 1.165) is 37.0 Å². The van der Waals surface area contributed by atoms with E-state index in [1.807, 2.05) is 36.4 Å². The van der Waals surface area contributed by atoms with Crippen molar-refractivity contribution in [2.75, 3.05) is 18.0 Å². The number of hydrogen-bond acceptors (Lipinski definition) is 3. The van der Waals surface area contributed by atoms with Crippen molar-refractivity contribution in [3.05, 3.63) is 65.9 Å². The van der Waals surface area contributed by atoms with E-state index >= 15 is 0 Å². The first-order valence-corrected chi connectivity index (χ1v) is 9.70. The quantitative estimate of drug-likeness (QED) is 0.396. The van der Waals surface area contributed by atoms with Crippen molar-refractivity contribution in [3.8, 4) is 5.75 Å². The predicted molar refractivity (Wildman–Crippen MR) is 119 cm³/mol. The van der Waals surface area contributed by atoms with Crippen LogP contribution in [0.15, 0.2) is 54.6 Å². The second-order valence-corrected chi connectivity index (χ2v) is 6.64. The molecule has 1 aromatic heterocycles. The first kappa shape index (κ1) is 25.4. The van der Waals surface area contributed by atoms with Crippen molar-refractivity contribution in [1.29, 1.82) is 0 Å². The zero-order chi connectivity index (χ0) is 21.4. The number of aromatic nitrogens is 1. The second kappa shape index (κ2) is 12.2. The molecule has 0 aliphatic rings. The Kier molecular flexibility index (Phi) is 10.3. The standard InChI is InChI=1S/C22H24N2O.C2H4O2.HI/c1-4-24(5-2)20-15-12-18(22(25)16-20)11-14-19-13-10-17-8-6-7-9-21(17)23(19)3;1-2(3)4;/h6-16H,4-5H2,1-3H3;1H3,(H,3,4);1H. The molecule has 30 heavy (non-hydrogen) atoms. The number of halogens is 1. The van der Waals surface area contributed by atoms with Gasteiger partial charge in [0, 0.05) is 60.9 Å². The monoisotopic (exact) mass is 520 g/mol. The van der Waals surface area contributed by atoms with Gasteiger partial charge in [0.05, 0.1) is 0 Å². The van der Waals surface area contributed by atoms with Gasteiger partial charge in [0.1, 0.15) is 12.8 Å². The third-order valence-corrected chi connectivity index (χ3v) is 4.70. The normalized spacial score (nSPS) is 10.3. The Balaban J connectivity index is 0.000000827. The summed E-state index contributed by atoms with van der Waals surface area (Å²) in [4.78, 5) is 11.2. The van der Waals surface area contributed by atoms with Gasteiger partial charge in [-0.3, -0.25) is 4.79 Å². The molecule has 6 heteroatoms. The summed E-state index contributed by atoms with van der Waals surface area (Å²) < 4.78 is 2.16. The minimum Gasteiger partial charge on any atom is -1.00 e. The van der Waals surface area contributed by atoms with E-state index in [4.69, 9.17) is 9.90 Å². The molecule has 0 saturated carbocycles. The van der Waals surface area contributed by atoms with Gasteiger partial charge in [0.25, 0.3) is 5.97 Å². The smallest absolute Gasteiger partial charge is 0.300 e. The predicted octanol–water partition coefficient (Wildman–Crippen LogP) is 1.48. The molecule has 0 saturated heterocycles. The summed E-state index contributed by atoms with van der Waals surface area (Å²) in [6.45, 7) is 7.18. The molecule has 5 nitrogen and oxygen atoms in total. The minimum absolute atomic E-state index is 0. The highest BCUT2D eigenvalue weighted by Crippen LogP contribution is 2.26. The van der Waals surface area contributed by atoms with Crippen LogP contribution in [0.1, 0.15) is 32.0 Å². The number of aromatic hydroxyl groups is 1. The van der Waals surface area contributed by atoms with Crippen molar-refractivity contribution < 1.29 is 43.6 Å². The number of benzene rings is 2. The summed E-state index contributed by atoms with van der Waals surface area (Å²) in [6.07, 6.45) is 4.00. The fourth-order valence-corrected chi connectivity index (χ4v) is 3.16. The maximum atomic E-state index is 10.4. The zero-order valence-electron chi connectivity index (χ0n) is 17.8. The lowest BCUT2D eigenvalue weighted by atomic mass is 10.1. The van der Waals surface area contributed by atoms with Crippen LogP contribution < -0.4 is 33.4 Å². The van der Waals surface area contributed by atoms with Crippen molar-refractivity contribution in [2.45, 2.75) is 20.8 Å². The van der Waals surface area contributed by atoms with Crippen molar-refractivity contribution in [3.63, 3.8) is 0 Å². The van der Waals surface area contributed by atoms with Gasteiger partial charge in [-0.2, -0.15) is 4.57 Å².